The predicted octanol–water partition coefficient (Wildman–Crippen LogP) is -0.473. The summed E-state index contributed by atoms with van der Waals surface area (Å²) in [4.78, 5) is 33.9. The first-order chi connectivity index (χ1) is 8.01. The second-order valence-electron chi connectivity index (χ2n) is 3.08. The van der Waals surface area contributed by atoms with Crippen LogP contribution >= 0.6 is 0 Å². The van der Waals surface area contributed by atoms with Crippen LogP contribution < -0.4 is 0 Å². The van der Waals surface area contributed by atoms with E-state index in [2.05, 4.69) is 14.2 Å². The summed E-state index contributed by atoms with van der Waals surface area (Å²) in [6.45, 7) is 0. The summed E-state index contributed by atoms with van der Waals surface area (Å²) < 4.78 is 18.2. The van der Waals surface area contributed by atoms with Gasteiger partial charge < -0.3 is 18.9 Å². The van der Waals surface area contributed by atoms with Crippen LogP contribution in [0.1, 0.15) is 6.42 Å². The standard InChI is InChI=1S/C10H16O7/c1-14-7(10(13)17-4)5-6(8(11)15-2)9(12)16-3/h6-7H,5H2,1-4H3. The highest BCUT2D eigenvalue weighted by molar-refractivity contribution is 5.95. The molecule has 0 bridgehead atoms. The molecule has 0 spiro atoms. The van der Waals surface area contributed by atoms with E-state index in [1.165, 1.54) is 14.2 Å². The second-order valence-corrected chi connectivity index (χ2v) is 3.08. The van der Waals surface area contributed by atoms with E-state index in [1.54, 1.807) is 0 Å². The van der Waals surface area contributed by atoms with E-state index in [9.17, 15) is 14.4 Å². The van der Waals surface area contributed by atoms with E-state index in [0.29, 0.717) is 0 Å². The highest BCUT2D eigenvalue weighted by atomic mass is 16.6. The van der Waals surface area contributed by atoms with Gasteiger partial charge in [0.1, 0.15) is 0 Å². The maximum absolute atomic E-state index is 11.3. The summed E-state index contributed by atoms with van der Waals surface area (Å²) in [5.41, 5.74) is 0. The number of hydrogen-bond donors (Lipinski definition) is 0. The Hall–Kier alpha value is -1.63. The Bertz CT molecular complexity index is 270. The Morgan fingerprint density at radius 1 is 0.824 bits per heavy atom. The van der Waals surface area contributed by atoms with Crippen molar-refractivity contribution in [2.24, 2.45) is 5.92 Å². The lowest BCUT2D eigenvalue weighted by atomic mass is 10.0. The van der Waals surface area contributed by atoms with Gasteiger partial charge in [0.25, 0.3) is 0 Å². The first-order valence-electron chi connectivity index (χ1n) is 4.78. The second kappa shape index (κ2) is 7.61. The number of rotatable bonds is 6. The van der Waals surface area contributed by atoms with Crippen molar-refractivity contribution in [1.82, 2.24) is 0 Å². The first kappa shape index (κ1) is 15.4. The molecule has 17 heavy (non-hydrogen) atoms. The largest absolute Gasteiger partial charge is 0.468 e. The van der Waals surface area contributed by atoms with E-state index in [-0.39, 0.29) is 6.42 Å². The van der Waals surface area contributed by atoms with Crippen molar-refractivity contribution in [1.29, 1.82) is 0 Å². The third-order valence-electron chi connectivity index (χ3n) is 2.17. The van der Waals surface area contributed by atoms with Gasteiger partial charge in [0.05, 0.1) is 21.3 Å². The number of ether oxygens (including phenoxy) is 4. The lowest BCUT2D eigenvalue weighted by Gasteiger charge is -2.17. The molecule has 0 radical (unpaired) electrons. The molecule has 0 heterocycles. The third kappa shape index (κ3) is 4.39. The van der Waals surface area contributed by atoms with E-state index >= 15 is 0 Å². The predicted molar refractivity (Wildman–Crippen MR) is 55.0 cm³/mol. The molecule has 0 aliphatic heterocycles. The van der Waals surface area contributed by atoms with Gasteiger partial charge in [-0.05, 0) is 0 Å². The minimum Gasteiger partial charge on any atom is -0.468 e. The molecule has 0 fully saturated rings. The SMILES string of the molecule is COC(=O)C(CC(C(=O)OC)C(=O)OC)OC. The molecule has 7 nitrogen and oxygen atoms in total. The van der Waals surface area contributed by atoms with Gasteiger partial charge >= 0.3 is 17.9 Å². The Labute approximate surface area is 99.0 Å². The molecular weight excluding hydrogens is 232 g/mol. The van der Waals surface area contributed by atoms with Crippen molar-refractivity contribution in [3.63, 3.8) is 0 Å². The van der Waals surface area contributed by atoms with Crippen LogP contribution in [0, 0.1) is 5.92 Å². The Balaban J connectivity index is 4.77. The van der Waals surface area contributed by atoms with Gasteiger partial charge in [0.2, 0.25) is 0 Å². The van der Waals surface area contributed by atoms with Crippen molar-refractivity contribution in [3.8, 4) is 0 Å². The van der Waals surface area contributed by atoms with Crippen LogP contribution in [-0.4, -0.2) is 52.5 Å². The van der Waals surface area contributed by atoms with Gasteiger partial charge in [-0.25, -0.2) is 4.79 Å². The summed E-state index contributed by atoms with van der Waals surface area (Å²) in [6.07, 6.45) is -1.22. The van der Waals surface area contributed by atoms with E-state index < -0.39 is 29.9 Å². The molecule has 1 unspecified atom stereocenters. The average molecular weight is 248 g/mol. The van der Waals surface area contributed by atoms with E-state index in [0.717, 1.165) is 14.2 Å². The molecule has 0 aromatic carbocycles. The van der Waals surface area contributed by atoms with Gasteiger partial charge in [-0.15, -0.1) is 0 Å². The van der Waals surface area contributed by atoms with Crippen LogP contribution in [-0.2, 0) is 33.3 Å². The van der Waals surface area contributed by atoms with Crippen LogP contribution in [0.25, 0.3) is 0 Å². The number of methoxy groups -OCH3 is 4. The minimum atomic E-state index is -1.21. The summed E-state index contributed by atoms with van der Waals surface area (Å²) >= 11 is 0. The number of carbonyl (C=O) groups excluding carboxylic acids is 3. The van der Waals surface area contributed by atoms with Crippen molar-refractivity contribution in [3.05, 3.63) is 0 Å². The van der Waals surface area contributed by atoms with Gasteiger partial charge in [0.15, 0.2) is 12.0 Å². The molecule has 1 atom stereocenters. The van der Waals surface area contributed by atoms with Crippen molar-refractivity contribution in [2.75, 3.05) is 28.4 Å². The molecule has 0 aliphatic rings. The minimum absolute atomic E-state index is 0.192. The summed E-state index contributed by atoms with van der Waals surface area (Å²) in [5, 5.41) is 0. The normalized spacial score (nSPS) is 11.8. The molecular formula is C10H16O7. The summed E-state index contributed by atoms with van der Waals surface area (Å²) in [5.74, 6) is -3.47. The number of carbonyl (C=O) groups is 3. The molecule has 0 saturated heterocycles. The highest BCUT2D eigenvalue weighted by Gasteiger charge is 2.34. The van der Waals surface area contributed by atoms with Crippen LogP contribution in [0.15, 0.2) is 0 Å². The topological polar surface area (TPSA) is 88.1 Å². The van der Waals surface area contributed by atoms with Crippen molar-refractivity contribution >= 4 is 17.9 Å². The lowest BCUT2D eigenvalue weighted by molar-refractivity contribution is -0.163. The summed E-state index contributed by atoms with van der Waals surface area (Å²) in [7, 11) is 4.73. The molecule has 0 saturated carbocycles. The Morgan fingerprint density at radius 3 is 1.53 bits per heavy atom. The molecule has 0 N–H and O–H groups in total. The zero-order valence-corrected chi connectivity index (χ0v) is 10.2. The monoisotopic (exact) mass is 248 g/mol. The quantitative estimate of drug-likeness (QED) is 0.356. The first-order valence-corrected chi connectivity index (χ1v) is 4.78. The van der Waals surface area contributed by atoms with E-state index in [1.807, 2.05) is 0 Å². The van der Waals surface area contributed by atoms with Gasteiger partial charge in [-0.1, -0.05) is 0 Å². The van der Waals surface area contributed by atoms with Gasteiger partial charge in [-0.2, -0.15) is 0 Å². The molecule has 0 amide bonds. The zero-order valence-electron chi connectivity index (χ0n) is 10.2. The average Bonchev–Trinajstić information content (AvgIpc) is 2.37. The van der Waals surface area contributed by atoms with Gasteiger partial charge in [-0.3, -0.25) is 9.59 Å². The fraction of sp³-hybridized carbons (Fsp3) is 0.700. The van der Waals surface area contributed by atoms with Crippen molar-refractivity contribution in [2.45, 2.75) is 12.5 Å². The Morgan fingerprint density at radius 2 is 1.24 bits per heavy atom. The summed E-state index contributed by atoms with van der Waals surface area (Å²) in [6, 6.07) is 0. The molecule has 7 heteroatoms. The van der Waals surface area contributed by atoms with Crippen LogP contribution in [0.4, 0.5) is 0 Å². The molecule has 98 valence electrons. The molecule has 0 aromatic heterocycles. The maximum Gasteiger partial charge on any atom is 0.334 e. The molecule has 0 aliphatic carbocycles. The van der Waals surface area contributed by atoms with Crippen LogP contribution in [0.3, 0.4) is 0 Å². The fourth-order valence-electron chi connectivity index (χ4n) is 1.21. The van der Waals surface area contributed by atoms with Crippen molar-refractivity contribution < 1.29 is 33.3 Å². The number of esters is 3. The Kier molecular flexibility index (Phi) is 6.88. The zero-order chi connectivity index (χ0) is 13.4. The lowest BCUT2D eigenvalue weighted by Crippen LogP contribution is -2.35. The van der Waals surface area contributed by atoms with E-state index in [4.69, 9.17) is 4.74 Å². The van der Waals surface area contributed by atoms with Crippen LogP contribution in [0.2, 0.25) is 0 Å². The molecule has 0 aromatic rings. The van der Waals surface area contributed by atoms with Crippen LogP contribution in [0.5, 0.6) is 0 Å². The maximum atomic E-state index is 11.3. The fourth-order valence-corrected chi connectivity index (χ4v) is 1.21. The molecule has 0 rings (SSSR count). The highest BCUT2D eigenvalue weighted by Crippen LogP contribution is 2.14. The number of hydrogen-bond acceptors (Lipinski definition) is 7. The van der Waals surface area contributed by atoms with Gasteiger partial charge in [0, 0.05) is 13.5 Å². The smallest absolute Gasteiger partial charge is 0.334 e. The third-order valence-corrected chi connectivity index (χ3v) is 2.17.